The van der Waals surface area contributed by atoms with E-state index in [1.807, 2.05) is 13.8 Å². The molecule has 0 saturated carbocycles. The molecular weight excluding hydrogens is 126 g/mol. The Morgan fingerprint density at radius 3 is 2.60 bits per heavy atom. The van der Waals surface area contributed by atoms with E-state index in [4.69, 9.17) is 0 Å². The van der Waals surface area contributed by atoms with Crippen molar-refractivity contribution in [3.8, 4) is 11.8 Å². The summed E-state index contributed by atoms with van der Waals surface area (Å²) in [6, 6.07) is 0. The van der Waals surface area contributed by atoms with Crippen LogP contribution in [-0.4, -0.2) is 12.5 Å². The standard InChI is InChI=1S/C8H13NO/c1-7(2)5-4-6-9-8(3)10/h7H,6H2,1-3H3,(H,9,10). The van der Waals surface area contributed by atoms with Crippen LogP contribution in [0.15, 0.2) is 0 Å². The highest BCUT2D eigenvalue weighted by molar-refractivity contribution is 5.73. The molecule has 0 radical (unpaired) electrons. The zero-order chi connectivity index (χ0) is 7.98. The van der Waals surface area contributed by atoms with Gasteiger partial charge in [-0.15, -0.1) is 0 Å². The van der Waals surface area contributed by atoms with Crippen LogP contribution < -0.4 is 5.32 Å². The molecule has 0 aliphatic rings. The Morgan fingerprint density at radius 1 is 1.60 bits per heavy atom. The Balaban J connectivity index is 3.38. The van der Waals surface area contributed by atoms with Crippen LogP contribution in [0.3, 0.4) is 0 Å². The molecule has 1 amide bonds. The summed E-state index contributed by atoms with van der Waals surface area (Å²) in [4.78, 5) is 10.3. The van der Waals surface area contributed by atoms with Crippen molar-refractivity contribution < 1.29 is 4.79 Å². The van der Waals surface area contributed by atoms with Gasteiger partial charge >= 0.3 is 0 Å². The second-order valence-electron chi connectivity index (χ2n) is 2.39. The van der Waals surface area contributed by atoms with Crippen LogP contribution >= 0.6 is 0 Å². The predicted octanol–water partition coefficient (Wildman–Crippen LogP) is 0.782. The highest BCUT2D eigenvalue weighted by Crippen LogP contribution is 1.84. The van der Waals surface area contributed by atoms with Crippen LogP contribution in [0.25, 0.3) is 0 Å². The van der Waals surface area contributed by atoms with E-state index in [2.05, 4.69) is 17.2 Å². The molecular formula is C8H13NO. The maximum atomic E-state index is 10.3. The maximum Gasteiger partial charge on any atom is 0.217 e. The Labute approximate surface area is 62.0 Å². The monoisotopic (exact) mass is 139 g/mol. The predicted molar refractivity (Wildman–Crippen MR) is 41.3 cm³/mol. The summed E-state index contributed by atoms with van der Waals surface area (Å²) in [6.07, 6.45) is 0. The van der Waals surface area contributed by atoms with Crippen LogP contribution in [0.5, 0.6) is 0 Å². The van der Waals surface area contributed by atoms with Crippen LogP contribution in [0, 0.1) is 17.8 Å². The van der Waals surface area contributed by atoms with Gasteiger partial charge in [-0.05, 0) is 0 Å². The molecule has 10 heavy (non-hydrogen) atoms. The number of hydrogen-bond donors (Lipinski definition) is 1. The van der Waals surface area contributed by atoms with Gasteiger partial charge in [-0.2, -0.15) is 0 Å². The minimum Gasteiger partial charge on any atom is -0.345 e. The van der Waals surface area contributed by atoms with Gasteiger partial charge in [0.25, 0.3) is 0 Å². The third kappa shape index (κ3) is 7.03. The summed E-state index contributed by atoms with van der Waals surface area (Å²) in [6.45, 7) is 5.98. The average molecular weight is 139 g/mol. The van der Waals surface area contributed by atoms with Crippen molar-refractivity contribution in [3.63, 3.8) is 0 Å². The summed E-state index contributed by atoms with van der Waals surface area (Å²) in [5, 5.41) is 2.59. The zero-order valence-electron chi connectivity index (χ0n) is 6.69. The van der Waals surface area contributed by atoms with Gasteiger partial charge in [0.15, 0.2) is 0 Å². The highest BCUT2D eigenvalue weighted by atomic mass is 16.1. The lowest BCUT2D eigenvalue weighted by atomic mass is 10.2. The Kier molecular flexibility index (Phi) is 4.39. The quantitative estimate of drug-likeness (QED) is 0.534. The van der Waals surface area contributed by atoms with Crippen molar-refractivity contribution in [1.82, 2.24) is 5.32 Å². The third-order valence-corrected chi connectivity index (χ3v) is 0.816. The summed E-state index contributed by atoms with van der Waals surface area (Å²) in [5.41, 5.74) is 0. The summed E-state index contributed by atoms with van der Waals surface area (Å²) in [5.74, 6) is 6.12. The Hall–Kier alpha value is -0.970. The lowest BCUT2D eigenvalue weighted by molar-refractivity contribution is -0.118. The van der Waals surface area contributed by atoms with Gasteiger partial charge in [-0.25, -0.2) is 0 Å². The van der Waals surface area contributed by atoms with Gasteiger partial charge in [0.05, 0.1) is 6.54 Å². The number of amides is 1. The fourth-order valence-electron chi connectivity index (χ4n) is 0.424. The molecule has 0 saturated heterocycles. The first-order chi connectivity index (χ1) is 4.63. The molecule has 0 rings (SSSR count). The number of nitrogens with one attached hydrogen (secondary N) is 1. The fraction of sp³-hybridized carbons (Fsp3) is 0.625. The van der Waals surface area contributed by atoms with Gasteiger partial charge in [-0.1, -0.05) is 25.7 Å². The normalized spacial score (nSPS) is 8.40. The molecule has 0 spiro atoms. The molecule has 0 unspecified atom stereocenters. The van der Waals surface area contributed by atoms with Crippen molar-refractivity contribution >= 4 is 5.91 Å². The average Bonchev–Trinajstić information content (AvgIpc) is 1.79. The van der Waals surface area contributed by atoms with Gasteiger partial charge in [0, 0.05) is 12.8 Å². The van der Waals surface area contributed by atoms with Crippen molar-refractivity contribution in [2.75, 3.05) is 6.54 Å². The zero-order valence-corrected chi connectivity index (χ0v) is 6.69. The molecule has 0 atom stereocenters. The van der Waals surface area contributed by atoms with E-state index in [1.54, 1.807) is 0 Å². The van der Waals surface area contributed by atoms with E-state index in [-0.39, 0.29) is 5.91 Å². The largest absolute Gasteiger partial charge is 0.345 e. The van der Waals surface area contributed by atoms with E-state index in [1.165, 1.54) is 6.92 Å². The van der Waals surface area contributed by atoms with Crippen LogP contribution in [-0.2, 0) is 4.79 Å². The maximum absolute atomic E-state index is 10.3. The van der Waals surface area contributed by atoms with Gasteiger partial charge < -0.3 is 5.32 Å². The van der Waals surface area contributed by atoms with E-state index in [0.29, 0.717) is 12.5 Å². The molecule has 56 valence electrons. The summed E-state index contributed by atoms with van der Waals surface area (Å²) in [7, 11) is 0. The van der Waals surface area contributed by atoms with E-state index in [9.17, 15) is 4.79 Å². The summed E-state index contributed by atoms with van der Waals surface area (Å²) < 4.78 is 0. The molecule has 0 aliphatic heterocycles. The van der Waals surface area contributed by atoms with Gasteiger partial charge in [-0.3, -0.25) is 4.79 Å². The fourth-order valence-corrected chi connectivity index (χ4v) is 0.424. The Morgan fingerprint density at radius 2 is 2.20 bits per heavy atom. The van der Waals surface area contributed by atoms with Crippen LogP contribution in [0.4, 0.5) is 0 Å². The smallest absolute Gasteiger partial charge is 0.217 e. The third-order valence-electron chi connectivity index (χ3n) is 0.816. The topological polar surface area (TPSA) is 29.1 Å². The molecule has 0 aliphatic carbocycles. The molecule has 2 heteroatoms. The molecule has 1 N–H and O–H groups in total. The first-order valence-corrected chi connectivity index (χ1v) is 3.35. The van der Waals surface area contributed by atoms with Crippen molar-refractivity contribution in [3.05, 3.63) is 0 Å². The molecule has 0 aromatic heterocycles. The van der Waals surface area contributed by atoms with Crippen molar-refractivity contribution in [2.45, 2.75) is 20.8 Å². The van der Waals surface area contributed by atoms with E-state index >= 15 is 0 Å². The lowest BCUT2D eigenvalue weighted by Gasteiger charge is -1.91. The summed E-state index contributed by atoms with van der Waals surface area (Å²) >= 11 is 0. The number of rotatable bonds is 1. The molecule has 0 aromatic carbocycles. The molecule has 0 heterocycles. The molecule has 0 fully saturated rings. The van der Waals surface area contributed by atoms with Crippen molar-refractivity contribution in [2.24, 2.45) is 5.92 Å². The minimum atomic E-state index is -0.0296. The van der Waals surface area contributed by atoms with Crippen LogP contribution in [0.2, 0.25) is 0 Å². The SMILES string of the molecule is CC(=O)NCC#CC(C)C. The van der Waals surface area contributed by atoms with E-state index in [0.717, 1.165) is 0 Å². The van der Waals surface area contributed by atoms with Gasteiger partial charge in [0.2, 0.25) is 5.91 Å². The highest BCUT2D eigenvalue weighted by Gasteiger charge is 1.84. The number of carbonyl (C=O) groups is 1. The first-order valence-electron chi connectivity index (χ1n) is 3.35. The van der Waals surface area contributed by atoms with E-state index < -0.39 is 0 Å². The lowest BCUT2D eigenvalue weighted by Crippen LogP contribution is -2.19. The second kappa shape index (κ2) is 4.87. The van der Waals surface area contributed by atoms with Gasteiger partial charge in [0.1, 0.15) is 0 Å². The molecule has 2 nitrogen and oxygen atoms in total. The second-order valence-corrected chi connectivity index (χ2v) is 2.39. The number of carbonyl (C=O) groups excluding carboxylic acids is 1. The number of hydrogen-bond acceptors (Lipinski definition) is 1. The first kappa shape index (κ1) is 9.03. The Bertz CT molecular complexity index is 162. The molecule has 0 aromatic rings. The van der Waals surface area contributed by atoms with Crippen molar-refractivity contribution in [1.29, 1.82) is 0 Å². The molecule has 0 bridgehead atoms. The minimum absolute atomic E-state index is 0.0296. The van der Waals surface area contributed by atoms with Crippen LogP contribution in [0.1, 0.15) is 20.8 Å².